The SMILES string of the molecule is CCC1CCC(NC2CN3CCC2CC3)C1C. The van der Waals surface area contributed by atoms with E-state index in [2.05, 4.69) is 24.1 Å². The lowest BCUT2D eigenvalue weighted by atomic mass is 9.83. The van der Waals surface area contributed by atoms with Crippen LogP contribution in [-0.2, 0) is 0 Å². The monoisotopic (exact) mass is 236 g/mol. The van der Waals surface area contributed by atoms with Crippen LogP contribution < -0.4 is 5.32 Å². The summed E-state index contributed by atoms with van der Waals surface area (Å²) in [7, 11) is 0. The Morgan fingerprint density at radius 1 is 1.06 bits per heavy atom. The molecule has 4 fully saturated rings. The Bertz CT molecular complexity index is 258. The Hall–Kier alpha value is -0.0800. The summed E-state index contributed by atoms with van der Waals surface area (Å²) in [4.78, 5) is 2.66. The molecule has 0 amide bonds. The van der Waals surface area contributed by atoms with Crippen molar-refractivity contribution in [1.82, 2.24) is 10.2 Å². The van der Waals surface area contributed by atoms with Gasteiger partial charge in [-0.2, -0.15) is 0 Å². The van der Waals surface area contributed by atoms with Crippen LogP contribution in [0.5, 0.6) is 0 Å². The van der Waals surface area contributed by atoms with Crippen molar-refractivity contribution >= 4 is 0 Å². The van der Waals surface area contributed by atoms with Crippen molar-refractivity contribution in [2.75, 3.05) is 19.6 Å². The minimum atomic E-state index is 0.806. The van der Waals surface area contributed by atoms with Crippen LogP contribution in [0, 0.1) is 17.8 Å². The predicted molar refractivity (Wildman–Crippen MR) is 72.1 cm³/mol. The Labute approximate surface area is 106 Å². The van der Waals surface area contributed by atoms with E-state index in [9.17, 15) is 0 Å². The molecule has 4 unspecified atom stereocenters. The summed E-state index contributed by atoms with van der Waals surface area (Å²) in [6, 6.07) is 1.62. The van der Waals surface area contributed by atoms with Crippen LogP contribution in [0.4, 0.5) is 0 Å². The van der Waals surface area contributed by atoms with Gasteiger partial charge in [0.05, 0.1) is 0 Å². The molecule has 3 aliphatic heterocycles. The van der Waals surface area contributed by atoms with Crippen LogP contribution in [-0.4, -0.2) is 36.6 Å². The molecule has 0 radical (unpaired) electrons. The quantitative estimate of drug-likeness (QED) is 0.810. The summed E-state index contributed by atoms with van der Waals surface area (Å²) < 4.78 is 0. The minimum absolute atomic E-state index is 0.806. The van der Waals surface area contributed by atoms with E-state index in [0.29, 0.717) is 0 Å². The average Bonchev–Trinajstić information content (AvgIpc) is 2.72. The highest BCUT2D eigenvalue weighted by Gasteiger charge is 2.38. The molecule has 2 bridgehead atoms. The van der Waals surface area contributed by atoms with Crippen molar-refractivity contribution in [1.29, 1.82) is 0 Å². The van der Waals surface area contributed by atoms with E-state index >= 15 is 0 Å². The van der Waals surface area contributed by atoms with Gasteiger partial charge in [-0.05, 0) is 56.5 Å². The highest BCUT2D eigenvalue weighted by Crippen LogP contribution is 2.36. The van der Waals surface area contributed by atoms with Crippen molar-refractivity contribution in [3.05, 3.63) is 0 Å². The van der Waals surface area contributed by atoms with Crippen LogP contribution in [0.15, 0.2) is 0 Å². The van der Waals surface area contributed by atoms with Gasteiger partial charge in [-0.3, -0.25) is 0 Å². The molecule has 1 N–H and O–H groups in total. The van der Waals surface area contributed by atoms with E-state index in [1.807, 2.05) is 0 Å². The summed E-state index contributed by atoms with van der Waals surface area (Å²) in [6.45, 7) is 8.88. The van der Waals surface area contributed by atoms with E-state index in [-0.39, 0.29) is 0 Å². The summed E-state index contributed by atoms with van der Waals surface area (Å²) in [6.07, 6.45) is 7.13. The van der Waals surface area contributed by atoms with Crippen LogP contribution in [0.2, 0.25) is 0 Å². The molecule has 0 aromatic carbocycles. The predicted octanol–water partition coefficient (Wildman–Crippen LogP) is 2.49. The highest BCUT2D eigenvalue weighted by molar-refractivity contribution is 4.95. The van der Waals surface area contributed by atoms with Crippen LogP contribution in [0.1, 0.15) is 46.0 Å². The van der Waals surface area contributed by atoms with E-state index in [1.165, 1.54) is 51.7 Å². The van der Waals surface area contributed by atoms with Gasteiger partial charge in [0.25, 0.3) is 0 Å². The van der Waals surface area contributed by atoms with E-state index in [4.69, 9.17) is 0 Å². The molecule has 0 spiro atoms. The second-order valence-electron chi connectivity index (χ2n) is 6.62. The average molecular weight is 236 g/mol. The fraction of sp³-hybridized carbons (Fsp3) is 1.00. The maximum absolute atomic E-state index is 4.02. The third kappa shape index (κ3) is 2.26. The number of hydrogen-bond acceptors (Lipinski definition) is 2. The Balaban J connectivity index is 1.57. The first-order chi connectivity index (χ1) is 8.28. The second-order valence-corrected chi connectivity index (χ2v) is 6.62. The maximum Gasteiger partial charge on any atom is 0.0226 e. The fourth-order valence-electron chi connectivity index (χ4n) is 4.49. The Morgan fingerprint density at radius 3 is 2.35 bits per heavy atom. The first-order valence-electron chi connectivity index (χ1n) is 7.76. The lowest BCUT2D eigenvalue weighted by Gasteiger charge is -2.46. The topological polar surface area (TPSA) is 15.3 Å². The standard InChI is InChI=1S/C15H28N2/c1-3-12-4-5-14(11(12)2)16-15-10-17-8-6-13(15)7-9-17/h11-16H,3-10H2,1-2H3. The van der Waals surface area contributed by atoms with Crippen molar-refractivity contribution in [2.24, 2.45) is 17.8 Å². The van der Waals surface area contributed by atoms with Gasteiger partial charge in [-0.25, -0.2) is 0 Å². The fourth-order valence-corrected chi connectivity index (χ4v) is 4.49. The molecule has 17 heavy (non-hydrogen) atoms. The Morgan fingerprint density at radius 2 is 1.82 bits per heavy atom. The molecular formula is C15H28N2. The van der Waals surface area contributed by atoms with Crippen LogP contribution in [0.25, 0.3) is 0 Å². The molecule has 98 valence electrons. The minimum Gasteiger partial charge on any atom is -0.309 e. The largest absolute Gasteiger partial charge is 0.309 e. The van der Waals surface area contributed by atoms with E-state index in [1.54, 1.807) is 0 Å². The van der Waals surface area contributed by atoms with Crippen LogP contribution in [0.3, 0.4) is 0 Å². The van der Waals surface area contributed by atoms with Crippen molar-refractivity contribution in [3.63, 3.8) is 0 Å². The number of nitrogens with one attached hydrogen (secondary N) is 1. The lowest BCUT2D eigenvalue weighted by Crippen LogP contribution is -2.58. The molecule has 4 rings (SSSR count). The summed E-state index contributed by atoms with van der Waals surface area (Å²) in [5.74, 6) is 2.86. The van der Waals surface area contributed by atoms with Gasteiger partial charge in [0.15, 0.2) is 0 Å². The van der Waals surface area contributed by atoms with Gasteiger partial charge in [-0.1, -0.05) is 20.3 Å². The van der Waals surface area contributed by atoms with Crippen molar-refractivity contribution < 1.29 is 0 Å². The molecule has 4 aliphatic rings. The number of rotatable bonds is 3. The molecule has 1 aliphatic carbocycles. The van der Waals surface area contributed by atoms with Gasteiger partial charge in [0.1, 0.15) is 0 Å². The van der Waals surface area contributed by atoms with Crippen LogP contribution >= 0.6 is 0 Å². The number of hydrogen-bond donors (Lipinski definition) is 1. The van der Waals surface area contributed by atoms with Gasteiger partial charge >= 0.3 is 0 Å². The van der Waals surface area contributed by atoms with Gasteiger partial charge in [0, 0.05) is 18.6 Å². The van der Waals surface area contributed by atoms with Crippen molar-refractivity contribution in [2.45, 2.75) is 58.0 Å². The third-order valence-electron chi connectivity index (χ3n) is 5.84. The molecular weight excluding hydrogens is 208 g/mol. The van der Waals surface area contributed by atoms with E-state index in [0.717, 1.165) is 29.8 Å². The molecule has 2 heteroatoms. The molecule has 4 atom stereocenters. The molecule has 0 aromatic rings. The number of nitrogens with zero attached hydrogens (tertiary/aromatic N) is 1. The third-order valence-corrected chi connectivity index (χ3v) is 5.84. The molecule has 1 saturated carbocycles. The zero-order valence-corrected chi connectivity index (χ0v) is 11.5. The number of piperidine rings is 3. The molecule has 3 heterocycles. The summed E-state index contributed by atoms with van der Waals surface area (Å²) >= 11 is 0. The zero-order chi connectivity index (χ0) is 11.8. The highest BCUT2D eigenvalue weighted by atomic mass is 15.2. The second kappa shape index (κ2) is 4.89. The van der Waals surface area contributed by atoms with Gasteiger partial charge < -0.3 is 10.2 Å². The normalized spacial score (nSPS) is 49.8. The molecule has 2 nitrogen and oxygen atoms in total. The summed E-state index contributed by atoms with van der Waals surface area (Å²) in [5.41, 5.74) is 0. The van der Waals surface area contributed by atoms with Crippen molar-refractivity contribution in [3.8, 4) is 0 Å². The Kier molecular flexibility index (Phi) is 3.45. The smallest absolute Gasteiger partial charge is 0.0226 e. The first-order valence-corrected chi connectivity index (χ1v) is 7.76. The summed E-state index contributed by atoms with van der Waals surface area (Å²) in [5, 5.41) is 4.02. The first kappa shape index (κ1) is 12.0. The lowest BCUT2D eigenvalue weighted by molar-refractivity contribution is 0.0638. The zero-order valence-electron chi connectivity index (χ0n) is 11.5. The molecule has 3 saturated heterocycles. The van der Waals surface area contributed by atoms with Gasteiger partial charge in [0.2, 0.25) is 0 Å². The number of fused-ring (bicyclic) bond motifs is 3. The maximum atomic E-state index is 4.02. The molecule has 0 aromatic heterocycles. The van der Waals surface area contributed by atoms with Gasteiger partial charge in [-0.15, -0.1) is 0 Å². The van der Waals surface area contributed by atoms with E-state index < -0.39 is 0 Å².